The third-order valence-corrected chi connectivity index (χ3v) is 2.21. The van der Waals surface area contributed by atoms with E-state index in [-0.39, 0.29) is 5.82 Å². The molecule has 0 radical (unpaired) electrons. The third kappa shape index (κ3) is 2.59. The average Bonchev–Trinajstić information content (AvgIpc) is 2.25. The SMILES string of the molecule is NC1=CC=C(Oc2ccc(F)cc2)CC1. The van der Waals surface area contributed by atoms with Gasteiger partial charge in [-0.05, 0) is 42.8 Å². The van der Waals surface area contributed by atoms with Gasteiger partial charge >= 0.3 is 0 Å². The van der Waals surface area contributed by atoms with Crippen LogP contribution in [0.25, 0.3) is 0 Å². The molecule has 0 heterocycles. The van der Waals surface area contributed by atoms with Crippen molar-refractivity contribution in [2.24, 2.45) is 5.73 Å². The van der Waals surface area contributed by atoms with E-state index in [1.165, 1.54) is 12.1 Å². The van der Waals surface area contributed by atoms with Gasteiger partial charge in [0.25, 0.3) is 0 Å². The minimum atomic E-state index is -0.260. The number of halogens is 1. The lowest BCUT2D eigenvalue weighted by atomic mass is 10.1. The fourth-order valence-corrected chi connectivity index (χ4v) is 1.37. The van der Waals surface area contributed by atoms with Crippen LogP contribution in [-0.4, -0.2) is 0 Å². The fraction of sp³-hybridized carbons (Fsp3) is 0.167. The first kappa shape index (κ1) is 9.77. The molecular weight excluding hydrogens is 193 g/mol. The molecule has 15 heavy (non-hydrogen) atoms. The molecule has 0 fully saturated rings. The minimum absolute atomic E-state index is 0.260. The second-order valence-corrected chi connectivity index (χ2v) is 3.43. The summed E-state index contributed by atoms with van der Waals surface area (Å²) in [5.74, 6) is 1.25. The van der Waals surface area contributed by atoms with Crippen LogP contribution in [-0.2, 0) is 0 Å². The number of hydrogen-bond donors (Lipinski definition) is 1. The van der Waals surface area contributed by atoms with E-state index in [0.29, 0.717) is 5.75 Å². The Labute approximate surface area is 87.9 Å². The molecule has 1 aliphatic rings. The maximum atomic E-state index is 12.6. The summed E-state index contributed by atoms with van der Waals surface area (Å²) >= 11 is 0. The lowest BCUT2D eigenvalue weighted by Crippen LogP contribution is -2.05. The summed E-state index contributed by atoms with van der Waals surface area (Å²) in [6, 6.07) is 5.97. The van der Waals surface area contributed by atoms with Crippen LogP contribution in [0.4, 0.5) is 4.39 Å². The third-order valence-electron chi connectivity index (χ3n) is 2.21. The Morgan fingerprint density at radius 2 is 1.80 bits per heavy atom. The first-order chi connectivity index (χ1) is 7.24. The molecule has 2 rings (SSSR count). The quantitative estimate of drug-likeness (QED) is 0.805. The predicted molar refractivity (Wildman–Crippen MR) is 56.6 cm³/mol. The average molecular weight is 205 g/mol. The van der Waals surface area contributed by atoms with E-state index in [1.807, 2.05) is 12.2 Å². The van der Waals surface area contributed by atoms with Gasteiger partial charge in [0.05, 0.1) is 0 Å². The summed E-state index contributed by atoms with van der Waals surface area (Å²) < 4.78 is 18.2. The molecule has 0 atom stereocenters. The highest BCUT2D eigenvalue weighted by Crippen LogP contribution is 2.20. The standard InChI is InChI=1S/C12H12FNO/c13-9-1-5-11(6-2-9)15-12-7-3-10(14)4-8-12/h1-3,5-7H,4,8,14H2. The molecule has 1 aromatic carbocycles. The van der Waals surface area contributed by atoms with Crippen molar-refractivity contribution in [1.82, 2.24) is 0 Å². The summed E-state index contributed by atoms with van der Waals surface area (Å²) in [6.45, 7) is 0. The van der Waals surface area contributed by atoms with Gasteiger partial charge in [-0.2, -0.15) is 0 Å². The second kappa shape index (κ2) is 4.17. The van der Waals surface area contributed by atoms with Crippen LogP contribution >= 0.6 is 0 Å². The topological polar surface area (TPSA) is 35.2 Å². The highest BCUT2D eigenvalue weighted by molar-refractivity contribution is 5.27. The molecule has 0 aliphatic heterocycles. The summed E-state index contributed by atoms with van der Waals surface area (Å²) in [6.07, 6.45) is 5.29. The van der Waals surface area contributed by atoms with E-state index < -0.39 is 0 Å². The van der Waals surface area contributed by atoms with Gasteiger partial charge in [-0.3, -0.25) is 0 Å². The number of ether oxygens (including phenoxy) is 1. The molecule has 0 bridgehead atoms. The molecule has 0 aromatic heterocycles. The molecule has 0 spiro atoms. The number of nitrogens with two attached hydrogens (primary N) is 1. The van der Waals surface area contributed by atoms with Gasteiger partial charge in [-0.25, -0.2) is 4.39 Å². The molecule has 1 aliphatic carbocycles. The van der Waals surface area contributed by atoms with Crippen molar-refractivity contribution in [2.75, 3.05) is 0 Å². The molecule has 0 saturated heterocycles. The second-order valence-electron chi connectivity index (χ2n) is 3.43. The smallest absolute Gasteiger partial charge is 0.127 e. The molecule has 0 amide bonds. The maximum Gasteiger partial charge on any atom is 0.127 e. The van der Waals surface area contributed by atoms with Crippen LogP contribution in [0.5, 0.6) is 5.75 Å². The van der Waals surface area contributed by atoms with Gasteiger partial charge in [0.2, 0.25) is 0 Å². The number of allylic oxidation sites excluding steroid dienone is 4. The molecule has 0 unspecified atom stereocenters. The van der Waals surface area contributed by atoms with E-state index in [9.17, 15) is 4.39 Å². The van der Waals surface area contributed by atoms with Gasteiger partial charge in [-0.1, -0.05) is 0 Å². The van der Waals surface area contributed by atoms with Crippen LogP contribution in [0, 0.1) is 5.82 Å². The van der Waals surface area contributed by atoms with Crippen molar-refractivity contribution in [3.63, 3.8) is 0 Å². The Balaban J connectivity index is 2.06. The lowest BCUT2D eigenvalue weighted by molar-refractivity contribution is 0.399. The number of rotatable bonds is 2. The molecule has 78 valence electrons. The van der Waals surface area contributed by atoms with Crippen molar-refractivity contribution < 1.29 is 9.13 Å². The maximum absolute atomic E-state index is 12.6. The first-order valence-electron chi connectivity index (χ1n) is 4.83. The van der Waals surface area contributed by atoms with Gasteiger partial charge in [0.1, 0.15) is 17.3 Å². The monoisotopic (exact) mass is 205 g/mol. The van der Waals surface area contributed by atoms with Crippen molar-refractivity contribution in [2.45, 2.75) is 12.8 Å². The van der Waals surface area contributed by atoms with Crippen molar-refractivity contribution in [3.8, 4) is 5.75 Å². The van der Waals surface area contributed by atoms with Gasteiger partial charge < -0.3 is 10.5 Å². The zero-order valence-corrected chi connectivity index (χ0v) is 8.24. The lowest BCUT2D eigenvalue weighted by Gasteiger charge is -2.13. The zero-order chi connectivity index (χ0) is 10.7. The predicted octanol–water partition coefficient (Wildman–Crippen LogP) is 2.72. The molecule has 3 heteroatoms. The first-order valence-corrected chi connectivity index (χ1v) is 4.83. The van der Waals surface area contributed by atoms with Crippen LogP contribution in [0.3, 0.4) is 0 Å². The summed E-state index contributed by atoms with van der Waals surface area (Å²) in [4.78, 5) is 0. The Bertz CT molecular complexity index is 406. The molecule has 2 N–H and O–H groups in total. The Kier molecular flexibility index (Phi) is 2.72. The van der Waals surface area contributed by atoms with E-state index in [4.69, 9.17) is 10.5 Å². The Hall–Kier alpha value is -1.77. The molecular formula is C12H12FNO. The molecule has 0 saturated carbocycles. The fourth-order valence-electron chi connectivity index (χ4n) is 1.37. The minimum Gasteiger partial charge on any atom is -0.462 e. The molecule has 1 aromatic rings. The van der Waals surface area contributed by atoms with Gasteiger partial charge in [-0.15, -0.1) is 0 Å². The van der Waals surface area contributed by atoms with Crippen LogP contribution in [0.2, 0.25) is 0 Å². The summed E-state index contributed by atoms with van der Waals surface area (Å²) in [7, 11) is 0. The highest BCUT2D eigenvalue weighted by Gasteiger charge is 2.05. The Morgan fingerprint density at radius 3 is 2.40 bits per heavy atom. The van der Waals surface area contributed by atoms with E-state index in [2.05, 4.69) is 0 Å². The van der Waals surface area contributed by atoms with Crippen molar-refractivity contribution >= 4 is 0 Å². The summed E-state index contributed by atoms with van der Waals surface area (Å²) in [5, 5.41) is 0. The number of hydrogen-bond acceptors (Lipinski definition) is 2. The number of benzene rings is 1. The van der Waals surface area contributed by atoms with Gasteiger partial charge in [0, 0.05) is 12.1 Å². The summed E-state index contributed by atoms with van der Waals surface area (Å²) in [5.41, 5.74) is 6.48. The highest BCUT2D eigenvalue weighted by atomic mass is 19.1. The van der Waals surface area contributed by atoms with Crippen molar-refractivity contribution in [3.05, 3.63) is 53.7 Å². The molecule has 2 nitrogen and oxygen atoms in total. The normalized spacial score (nSPS) is 15.5. The van der Waals surface area contributed by atoms with Crippen LogP contribution in [0.1, 0.15) is 12.8 Å². The van der Waals surface area contributed by atoms with E-state index in [0.717, 1.165) is 24.3 Å². The van der Waals surface area contributed by atoms with E-state index >= 15 is 0 Å². The largest absolute Gasteiger partial charge is 0.462 e. The Morgan fingerprint density at radius 1 is 1.07 bits per heavy atom. The van der Waals surface area contributed by atoms with Crippen molar-refractivity contribution in [1.29, 1.82) is 0 Å². The zero-order valence-electron chi connectivity index (χ0n) is 8.24. The van der Waals surface area contributed by atoms with E-state index in [1.54, 1.807) is 12.1 Å². The van der Waals surface area contributed by atoms with Crippen LogP contribution in [0.15, 0.2) is 47.9 Å². The van der Waals surface area contributed by atoms with Gasteiger partial charge in [0.15, 0.2) is 0 Å². The van der Waals surface area contributed by atoms with Crippen LogP contribution < -0.4 is 10.5 Å².